The maximum absolute atomic E-state index is 9.40. The average Bonchev–Trinajstić information content (AvgIpc) is 2.70. The van der Waals surface area contributed by atoms with Crippen LogP contribution in [0.2, 0.25) is 0 Å². The topological polar surface area (TPSA) is 74.4 Å². The number of likely N-dealkylation sites (tertiary alicyclic amines) is 1. The van der Waals surface area contributed by atoms with Crippen molar-refractivity contribution in [1.82, 2.24) is 9.88 Å². The van der Waals surface area contributed by atoms with Gasteiger partial charge >= 0.3 is 0 Å². The Labute approximate surface area is 102 Å². The molecule has 94 valence electrons. The minimum Gasteiger partial charge on any atom is -0.395 e. The van der Waals surface area contributed by atoms with Crippen molar-refractivity contribution in [3.63, 3.8) is 0 Å². The van der Waals surface area contributed by atoms with E-state index in [4.69, 9.17) is 5.84 Å². The van der Waals surface area contributed by atoms with Gasteiger partial charge in [0.25, 0.3) is 0 Å². The van der Waals surface area contributed by atoms with E-state index < -0.39 is 0 Å². The van der Waals surface area contributed by atoms with Crippen LogP contribution in [0, 0.1) is 5.92 Å². The molecule has 1 aromatic rings. The van der Waals surface area contributed by atoms with E-state index in [1.807, 2.05) is 12.1 Å². The Kier molecular flexibility index (Phi) is 3.93. The SMILES string of the molecule is CC1CCN(Cc2ccnc(NN)c2)C1CO. The number of aliphatic hydroxyl groups is 1. The number of rotatable bonds is 4. The predicted octanol–water partition coefficient (Wildman–Crippen LogP) is 0.570. The number of nitrogens with zero attached hydrogens (tertiary/aromatic N) is 2. The van der Waals surface area contributed by atoms with Crippen LogP contribution in [-0.2, 0) is 6.54 Å². The van der Waals surface area contributed by atoms with E-state index in [0.29, 0.717) is 11.7 Å². The molecule has 1 fully saturated rings. The summed E-state index contributed by atoms with van der Waals surface area (Å²) in [6, 6.07) is 4.20. The molecule has 2 unspecified atom stereocenters. The molecule has 2 rings (SSSR count). The van der Waals surface area contributed by atoms with E-state index >= 15 is 0 Å². The highest BCUT2D eigenvalue weighted by molar-refractivity contribution is 5.35. The van der Waals surface area contributed by atoms with Crippen LogP contribution in [0.15, 0.2) is 18.3 Å². The standard InChI is InChI=1S/C12H20N4O/c1-9-3-5-16(11(9)8-17)7-10-2-4-14-12(6-10)15-13/h2,4,6,9,11,17H,3,5,7-8,13H2,1H3,(H,14,15). The first-order valence-corrected chi connectivity index (χ1v) is 6.01. The first-order chi connectivity index (χ1) is 8.24. The minimum absolute atomic E-state index is 0.230. The fraction of sp³-hybridized carbons (Fsp3) is 0.583. The van der Waals surface area contributed by atoms with Gasteiger partial charge in [-0.1, -0.05) is 6.92 Å². The number of anilines is 1. The summed E-state index contributed by atoms with van der Waals surface area (Å²) >= 11 is 0. The second kappa shape index (κ2) is 5.44. The first-order valence-electron chi connectivity index (χ1n) is 6.01. The molecule has 1 aliphatic rings. The van der Waals surface area contributed by atoms with E-state index in [0.717, 1.165) is 19.5 Å². The molecule has 1 aliphatic heterocycles. The molecule has 4 N–H and O–H groups in total. The lowest BCUT2D eigenvalue weighted by Crippen LogP contribution is -2.34. The number of nitrogens with one attached hydrogen (secondary N) is 1. The van der Waals surface area contributed by atoms with Gasteiger partial charge in [0.05, 0.1) is 6.61 Å². The van der Waals surface area contributed by atoms with Crippen molar-refractivity contribution in [3.8, 4) is 0 Å². The summed E-state index contributed by atoms with van der Waals surface area (Å²) in [5, 5.41) is 9.40. The molecule has 2 heterocycles. The van der Waals surface area contributed by atoms with Crippen molar-refractivity contribution in [2.75, 3.05) is 18.6 Å². The van der Waals surface area contributed by atoms with Crippen molar-refractivity contribution in [1.29, 1.82) is 0 Å². The van der Waals surface area contributed by atoms with Crippen molar-refractivity contribution < 1.29 is 5.11 Å². The lowest BCUT2D eigenvalue weighted by atomic mass is 10.0. The van der Waals surface area contributed by atoms with E-state index in [1.165, 1.54) is 5.56 Å². The first kappa shape index (κ1) is 12.3. The molecule has 1 aromatic heterocycles. The fourth-order valence-corrected chi connectivity index (χ4v) is 2.47. The molecule has 17 heavy (non-hydrogen) atoms. The highest BCUT2D eigenvalue weighted by Crippen LogP contribution is 2.25. The summed E-state index contributed by atoms with van der Waals surface area (Å²) in [6.07, 6.45) is 2.90. The van der Waals surface area contributed by atoms with Crippen LogP contribution >= 0.6 is 0 Å². The Morgan fingerprint density at radius 1 is 1.65 bits per heavy atom. The molecule has 0 spiro atoms. The highest BCUT2D eigenvalue weighted by Gasteiger charge is 2.30. The highest BCUT2D eigenvalue weighted by atomic mass is 16.3. The van der Waals surface area contributed by atoms with Crippen molar-refractivity contribution >= 4 is 5.82 Å². The lowest BCUT2D eigenvalue weighted by molar-refractivity contribution is 0.134. The second-order valence-electron chi connectivity index (χ2n) is 4.68. The summed E-state index contributed by atoms with van der Waals surface area (Å²) < 4.78 is 0. The fourth-order valence-electron chi connectivity index (χ4n) is 2.47. The van der Waals surface area contributed by atoms with Crippen molar-refractivity contribution in [2.24, 2.45) is 11.8 Å². The number of aromatic nitrogens is 1. The van der Waals surface area contributed by atoms with Gasteiger partial charge in [-0.2, -0.15) is 0 Å². The van der Waals surface area contributed by atoms with Gasteiger partial charge in [0.1, 0.15) is 5.82 Å². The normalized spacial score (nSPS) is 25.1. The molecule has 0 bridgehead atoms. The Morgan fingerprint density at radius 2 is 2.47 bits per heavy atom. The monoisotopic (exact) mass is 236 g/mol. The summed E-state index contributed by atoms with van der Waals surface area (Å²) in [7, 11) is 0. The minimum atomic E-state index is 0.230. The number of nitrogens with two attached hydrogens (primary N) is 1. The van der Waals surface area contributed by atoms with E-state index in [-0.39, 0.29) is 12.6 Å². The molecule has 2 atom stereocenters. The maximum Gasteiger partial charge on any atom is 0.140 e. The Bertz CT molecular complexity index is 371. The number of hydrogen-bond donors (Lipinski definition) is 3. The van der Waals surface area contributed by atoms with Crippen LogP contribution in [0.3, 0.4) is 0 Å². The Hall–Kier alpha value is -1.17. The lowest BCUT2D eigenvalue weighted by Gasteiger charge is -2.25. The Morgan fingerprint density at radius 3 is 3.18 bits per heavy atom. The summed E-state index contributed by atoms with van der Waals surface area (Å²) in [5.41, 5.74) is 3.71. The molecule has 1 saturated heterocycles. The largest absolute Gasteiger partial charge is 0.395 e. The third-order valence-electron chi connectivity index (χ3n) is 3.54. The number of hydrogen-bond acceptors (Lipinski definition) is 5. The summed E-state index contributed by atoms with van der Waals surface area (Å²) in [4.78, 5) is 6.40. The molecule has 0 amide bonds. The molecule has 0 saturated carbocycles. The third kappa shape index (κ3) is 2.74. The van der Waals surface area contributed by atoms with Gasteiger partial charge in [0, 0.05) is 18.8 Å². The van der Waals surface area contributed by atoms with Crippen molar-refractivity contribution in [2.45, 2.75) is 25.9 Å². The molecular formula is C12H20N4O. The smallest absolute Gasteiger partial charge is 0.140 e. The zero-order chi connectivity index (χ0) is 12.3. The van der Waals surface area contributed by atoms with Gasteiger partial charge in [-0.15, -0.1) is 0 Å². The van der Waals surface area contributed by atoms with Crippen LogP contribution < -0.4 is 11.3 Å². The second-order valence-corrected chi connectivity index (χ2v) is 4.68. The molecule has 0 radical (unpaired) electrons. The molecular weight excluding hydrogens is 216 g/mol. The van der Waals surface area contributed by atoms with Crippen LogP contribution in [0.4, 0.5) is 5.82 Å². The van der Waals surface area contributed by atoms with Crippen LogP contribution in [0.5, 0.6) is 0 Å². The average molecular weight is 236 g/mol. The van der Waals surface area contributed by atoms with Crippen LogP contribution in [-0.4, -0.2) is 34.2 Å². The number of aliphatic hydroxyl groups excluding tert-OH is 1. The maximum atomic E-state index is 9.40. The van der Waals surface area contributed by atoms with Crippen LogP contribution in [0.25, 0.3) is 0 Å². The number of hydrazine groups is 1. The quantitative estimate of drug-likeness (QED) is 0.526. The zero-order valence-corrected chi connectivity index (χ0v) is 10.1. The summed E-state index contributed by atoms with van der Waals surface area (Å²) in [6.45, 7) is 4.31. The molecule has 0 aliphatic carbocycles. The zero-order valence-electron chi connectivity index (χ0n) is 10.1. The third-order valence-corrected chi connectivity index (χ3v) is 3.54. The summed E-state index contributed by atoms with van der Waals surface area (Å²) in [5.74, 6) is 6.58. The number of nitrogen functional groups attached to an aromatic ring is 1. The number of pyridine rings is 1. The van der Waals surface area contributed by atoms with Gasteiger partial charge in [-0.25, -0.2) is 10.8 Å². The van der Waals surface area contributed by atoms with Crippen molar-refractivity contribution in [3.05, 3.63) is 23.9 Å². The molecule has 5 heteroatoms. The van der Waals surface area contributed by atoms with E-state index in [2.05, 4.69) is 22.2 Å². The van der Waals surface area contributed by atoms with Gasteiger partial charge < -0.3 is 10.5 Å². The van der Waals surface area contributed by atoms with Gasteiger partial charge in [0.15, 0.2) is 0 Å². The van der Waals surface area contributed by atoms with E-state index in [1.54, 1.807) is 6.20 Å². The van der Waals surface area contributed by atoms with Crippen LogP contribution in [0.1, 0.15) is 18.9 Å². The van der Waals surface area contributed by atoms with Gasteiger partial charge in [-0.05, 0) is 36.6 Å². The van der Waals surface area contributed by atoms with Gasteiger partial charge in [0.2, 0.25) is 0 Å². The Balaban J connectivity index is 2.04. The van der Waals surface area contributed by atoms with Gasteiger partial charge in [-0.3, -0.25) is 4.90 Å². The molecule has 0 aromatic carbocycles. The molecule has 5 nitrogen and oxygen atoms in total. The predicted molar refractivity (Wildman–Crippen MR) is 67.1 cm³/mol. The van der Waals surface area contributed by atoms with E-state index in [9.17, 15) is 5.11 Å².